The number of carbonyl (C=O) groups is 1. The van der Waals surface area contributed by atoms with Crippen molar-refractivity contribution in [1.29, 1.82) is 0 Å². The van der Waals surface area contributed by atoms with Gasteiger partial charge in [-0.1, -0.05) is 130 Å². The topological polar surface area (TPSA) is 40.5 Å². The Hall–Kier alpha value is 0.430. The Kier molecular flexibility index (Phi) is 31.9. The molecule has 0 aromatic rings. The van der Waals surface area contributed by atoms with Crippen molar-refractivity contribution in [3.8, 4) is 0 Å². The van der Waals surface area contributed by atoms with Gasteiger partial charge in [-0.15, -0.1) is 0 Å². The normalized spacial score (nSPS) is 11.9. The van der Waals surface area contributed by atoms with Crippen molar-refractivity contribution < 1.29 is 9.90 Å². The maximum absolute atomic E-state index is 12.7. The zero-order valence-corrected chi connectivity index (χ0v) is 23.1. The second kappa shape index (κ2) is 29.7. The van der Waals surface area contributed by atoms with Crippen LogP contribution in [-0.4, -0.2) is 64.7 Å². The molecule has 0 aromatic heterocycles. The number of unbranched alkanes of at least 4 members (excludes halogenated alkanes) is 16. The van der Waals surface area contributed by atoms with E-state index in [1.54, 1.807) is 0 Å². The molecule has 1 unspecified atom stereocenters. The van der Waals surface area contributed by atoms with Crippen LogP contribution < -0.4 is 0 Å². The molecule has 0 radical (unpaired) electrons. The molecule has 200 valence electrons. The number of nitrogens with zero attached hydrogens (tertiary/aromatic N) is 1. The Morgan fingerprint density at radius 2 is 0.912 bits per heavy atom. The van der Waals surface area contributed by atoms with Crippen molar-refractivity contribution in [2.45, 2.75) is 175 Å². The van der Waals surface area contributed by atoms with Gasteiger partial charge < -0.3 is 10.0 Å². The number of hydrogen-bond acceptors (Lipinski definition) is 2. The van der Waals surface area contributed by atoms with Crippen molar-refractivity contribution >= 4 is 35.5 Å². The number of carbonyl (C=O) groups excluding carboxylic acids is 1. The minimum absolute atomic E-state index is 0. The van der Waals surface area contributed by atoms with Crippen molar-refractivity contribution in [3.05, 3.63) is 0 Å². The van der Waals surface area contributed by atoms with Crippen LogP contribution in [0.1, 0.15) is 168 Å². The summed E-state index contributed by atoms with van der Waals surface area (Å²) in [6.45, 7) is 8.66. The molecule has 0 aliphatic rings. The van der Waals surface area contributed by atoms with Gasteiger partial charge in [0.1, 0.15) is 0 Å². The van der Waals surface area contributed by atoms with E-state index in [0.29, 0.717) is 5.91 Å². The summed E-state index contributed by atoms with van der Waals surface area (Å²) in [5.74, 6) is 0.383. The van der Waals surface area contributed by atoms with Gasteiger partial charge in [-0.2, -0.15) is 0 Å². The number of hydrogen-bond donors (Lipinski definition) is 1. The second-order valence-electron chi connectivity index (χ2n) is 10.4. The Labute approximate surface area is 236 Å². The zero-order valence-electron chi connectivity index (χ0n) is 23.1. The standard InChI is InChI=1S/C30H61NO2.Na.H/c1-4-7-10-13-14-16-19-24-29(32)25-20-17-15-18-21-26-30(33)31(27-22-11-8-5-2)28-23-12-9-6-3;;/h29,32H,4-28H2,1-3H3;;. The van der Waals surface area contributed by atoms with Gasteiger partial charge in [0.05, 0.1) is 6.10 Å². The Bertz CT molecular complexity index is 393. The maximum atomic E-state index is 12.7. The SMILES string of the molecule is CCCCCCCCCC(O)CCCCCCCC(=O)N(CCCCCC)CCCCCC.[NaH]. The summed E-state index contributed by atoms with van der Waals surface area (Å²) in [6, 6.07) is 0. The van der Waals surface area contributed by atoms with Gasteiger partial charge in [0.25, 0.3) is 0 Å². The van der Waals surface area contributed by atoms with Crippen molar-refractivity contribution in [2.75, 3.05) is 13.1 Å². The fraction of sp³-hybridized carbons (Fsp3) is 0.967. The predicted molar refractivity (Wildman–Crippen MR) is 153 cm³/mol. The molecule has 34 heavy (non-hydrogen) atoms. The molecule has 4 heteroatoms. The van der Waals surface area contributed by atoms with Crippen LogP contribution >= 0.6 is 0 Å². The molecule has 1 N–H and O–H groups in total. The quantitative estimate of drug-likeness (QED) is 0.0972. The van der Waals surface area contributed by atoms with E-state index in [2.05, 4.69) is 25.7 Å². The summed E-state index contributed by atoms with van der Waals surface area (Å²) in [4.78, 5) is 14.9. The summed E-state index contributed by atoms with van der Waals surface area (Å²) in [5.41, 5.74) is 0. The molecular formula is C30H62NNaO2. The van der Waals surface area contributed by atoms with Gasteiger partial charge in [0.2, 0.25) is 5.91 Å². The van der Waals surface area contributed by atoms with Crippen LogP contribution in [0.15, 0.2) is 0 Å². The summed E-state index contributed by atoms with van der Waals surface area (Å²) < 4.78 is 0. The summed E-state index contributed by atoms with van der Waals surface area (Å²) in [5, 5.41) is 10.2. The van der Waals surface area contributed by atoms with Crippen LogP contribution in [0.5, 0.6) is 0 Å². The molecular weight excluding hydrogens is 429 g/mol. The Morgan fingerprint density at radius 3 is 1.35 bits per heavy atom. The van der Waals surface area contributed by atoms with Crippen molar-refractivity contribution in [2.24, 2.45) is 0 Å². The summed E-state index contributed by atoms with van der Waals surface area (Å²) in [7, 11) is 0. The van der Waals surface area contributed by atoms with E-state index >= 15 is 0 Å². The number of rotatable bonds is 26. The monoisotopic (exact) mass is 491 g/mol. The van der Waals surface area contributed by atoms with Crippen LogP contribution in [0.3, 0.4) is 0 Å². The van der Waals surface area contributed by atoms with Crippen LogP contribution in [0.4, 0.5) is 0 Å². The fourth-order valence-electron chi connectivity index (χ4n) is 4.65. The first-order chi connectivity index (χ1) is 16.2. The van der Waals surface area contributed by atoms with Crippen molar-refractivity contribution in [3.63, 3.8) is 0 Å². The van der Waals surface area contributed by atoms with E-state index in [4.69, 9.17) is 0 Å². The van der Waals surface area contributed by atoms with Gasteiger partial charge in [0.15, 0.2) is 0 Å². The van der Waals surface area contributed by atoms with E-state index in [1.165, 1.54) is 96.3 Å². The summed E-state index contributed by atoms with van der Waals surface area (Å²) in [6.07, 6.45) is 27.4. The molecule has 0 bridgehead atoms. The Morgan fingerprint density at radius 1 is 0.559 bits per heavy atom. The van der Waals surface area contributed by atoms with Crippen molar-refractivity contribution in [1.82, 2.24) is 4.90 Å². The number of aliphatic hydroxyl groups excluding tert-OH is 1. The Balaban J connectivity index is 0. The molecule has 1 atom stereocenters. The van der Waals surface area contributed by atoms with Crippen LogP contribution in [0.2, 0.25) is 0 Å². The van der Waals surface area contributed by atoms with Crippen LogP contribution in [0.25, 0.3) is 0 Å². The number of aliphatic hydroxyl groups is 1. The molecule has 0 saturated carbocycles. The van der Waals surface area contributed by atoms with Gasteiger partial charge in [0, 0.05) is 19.5 Å². The van der Waals surface area contributed by atoms with Gasteiger partial charge >= 0.3 is 29.6 Å². The fourth-order valence-corrected chi connectivity index (χ4v) is 4.65. The van der Waals surface area contributed by atoms with Crippen LogP contribution in [0, 0.1) is 0 Å². The average molecular weight is 492 g/mol. The van der Waals surface area contributed by atoms with Gasteiger partial charge in [-0.25, -0.2) is 0 Å². The second-order valence-corrected chi connectivity index (χ2v) is 10.4. The van der Waals surface area contributed by atoms with Gasteiger partial charge in [-0.3, -0.25) is 4.79 Å². The molecule has 0 aliphatic carbocycles. The minimum atomic E-state index is -0.101. The third-order valence-electron chi connectivity index (χ3n) is 6.98. The zero-order chi connectivity index (χ0) is 24.4. The first kappa shape index (κ1) is 36.6. The van der Waals surface area contributed by atoms with E-state index in [1.807, 2.05) is 0 Å². The van der Waals surface area contributed by atoms with E-state index < -0.39 is 0 Å². The third-order valence-corrected chi connectivity index (χ3v) is 6.98. The molecule has 1 amide bonds. The van der Waals surface area contributed by atoms with Crippen LogP contribution in [-0.2, 0) is 4.79 Å². The first-order valence-electron chi connectivity index (χ1n) is 15.1. The number of amides is 1. The average Bonchev–Trinajstić information content (AvgIpc) is 2.81. The molecule has 0 saturated heterocycles. The third kappa shape index (κ3) is 25.5. The molecule has 3 nitrogen and oxygen atoms in total. The molecule has 0 fully saturated rings. The molecule has 0 aromatic carbocycles. The first-order valence-corrected chi connectivity index (χ1v) is 15.1. The van der Waals surface area contributed by atoms with Gasteiger partial charge in [-0.05, 0) is 32.1 Å². The molecule has 0 rings (SSSR count). The molecule has 0 aliphatic heterocycles. The summed E-state index contributed by atoms with van der Waals surface area (Å²) >= 11 is 0. The van der Waals surface area contributed by atoms with E-state index in [-0.39, 0.29) is 35.7 Å². The molecule has 0 heterocycles. The van der Waals surface area contributed by atoms with E-state index in [9.17, 15) is 9.90 Å². The van der Waals surface area contributed by atoms with E-state index in [0.717, 1.165) is 64.5 Å². The predicted octanol–water partition coefficient (Wildman–Crippen LogP) is 8.56. The molecule has 0 spiro atoms.